The number of nitrogens with two attached hydrogens (primary N) is 1. The van der Waals surface area contributed by atoms with Crippen molar-refractivity contribution in [3.05, 3.63) is 52.2 Å². The molecule has 0 saturated carbocycles. The van der Waals surface area contributed by atoms with E-state index in [-0.39, 0.29) is 5.84 Å². The number of nitrogens with zero attached hydrogens (tertiary/aromatic N) is 2. The zero-order chi connectivity index (χ0) is 15.4. The number of thiophene rings is 1. The molecule has 0 spiro atoms. The zero-order valence-corrected chi connectivity index (χ0v) is 12.9. The number of benzene rings is 1. The van der Waals surface area contributed by atoms with Crippen molar-refractivity contribution in [2.45, 2.75) is 12.8 Å². The van der Waals surface area contributed by atoms with Crippen molar-refractivity contribution >= 4 is 28.8 Å². The average Bonchev–Trinajstić information content (AvgIpc) is 3.25. The fourth-order valence-corrected chi connectivity index (χ4v) is 3.01. The van der Waals surface area contributed by atoms with Gasteiger partial charge in [0.05, 0.1) is 0 Å². The first kappa shape index (κ1) is 14.6. The normalized spacial score (nSPS) is 15.1. The van der Waals surface area contributed by atoms with Gasteiger partial charge >= 0.3 is 5.97 Å². The van der Waals surface area contributed by atoms with E-state index in [2.05, 4.69) is 16.1 Å². The number of rotatable bonds is 4. The van der Waals surface area contributed by atoms with Gasteiger partial charge in [-0.3, -0.25) is 0 Å². The molecule has 0 amide bonds. The predicted molar refractivity (Wildman–Crippen MR) is 88.3 cm³/mol. The van der Waals surface area contributed by atoms with Crippen molar-refractivity contribution in [2.24, 2.45) is 10.9 Å². The molecule has 1 aromatic heterocycles. The fourth-order valence-electron chi connectivity index (χ4n) is 2.42. The summed E-state index contributed by atoms with van der Waals surface area (Å²) in [4.78, 5) is 19.4. The lowest BCUT2D eigenvalue weighted by molar-refractivity contribution is 0.0522. The smallest absolute Gasteiger partial charge is 0.375 e. The van der Waals surface area contributed by atoms with Crippen LogP contribution in [0.1, 0.15) is 28.1 Å². The molecule has 114 valence electrons. The Kier molecular flexibility index (Phi) is 4.39. The number of amidine groups is 1. The maximum Gasteiger partial charge on any atom is 0.375 e. The van der Waals surface area contributed by atoms with E-state index in [1.807, 2.05) is 23.6 Å². The lowest BCUT2D eigenvalue weighted by atomic mass is 10.2. The second kappa shape index (κ2) is 6.62. The first-order valence-corrected chi connectivity index (χ1v) is 8.06. The minimum absolute atomic E-state index is 0.200. The van der Waals surface area contributed by atoms with E-state index in [0.717, 1.165) is 24.3 Å². The molecule has 1 aromatic carbocycles. The Morgan fingerprint density at radius 2 is 2.05 bits per heavy atom. The summed E-state index contributed by atoms with van der Waals surface area (Å²) >= 11 is 1.31. The zero-order valence-electron chi connectivity index (χ0n) is 12.1. The van der Waals surface area contributed by atoms with Gasteiger partial charge in [-0.2, -0.15) is 0 Å². The first-order chi connectivity index (χ1) is 10.7. The van der Waals surface area contributed by atoms with Gasteiger partial charge < -0.3 is 15.5 Å². The van der Waals surface area contributed by atoms with Crippen LogP contribution in [-0.4, -0.2) is 24.9 Å². The number of carbonyl (C=O) groups is 1. The molecule has 1 aliphatic rings. The van der Waals surface area contributed by atoms with Crippen molar-refractivity contribution in [2.75, 3.05) is 18.0 Å². The Morgan fingerprint density at radius 3 is 2.77 bits per heavy atom. The number of oxime groups is 1. The first-order valence-electron chi connectivity index (χ1n) is 7.18. The predicted octanol–water partition coefficient (Wildman–Crippen LogP) is 2.83. The van der Waals surface area contributed by atoms with Crippen LogP contribution >= 0.6 is 11.3 Å². The summed E-state index contributed by atoms with van der Waals surface area (Å²) in [7, 11) is 0. The molecule has 2 N–H and O–H groups in total. The quantitative estimate of drug-likeness (QED) is 0.408. The third kappa shape index (κ3) is 3.28. The van der Waals surface area contributed by atoms with Gasteiger partial charge in [-0.1, -0.05) is 23.4 Å². The highest BCUT2D eigenvalue weighted by molar-refractivity contribution is 7.11. The molecule has 2 heterocycles. The summed E-state index contributed by atoms with van der Waals surface area (Å²) in [5, 5.41) is 5.56. The van der Waals surface area contributed by atoms with Gasteiger partial charge in [0.1, 0.15) is 4.88 Å². The van der Waals surface area contributed by atoms with Crippen molar-refractivity contribution in [3.63, 3.8) is 0 Å². The summed E-state index contributed by atoms with van der Waals surface area (Å²) < 4.78 is 0. The highest BCUT2D eigenvalue weighted by Gasteiger charge is 2.13. The Labute approximate surface area is 133 Å². The standard InChI is InChI=1S/C16H17N3O2S/c17-15(18-21-16(20)14-7-4-10-22-14)12-5-3-6-13(11-12)19-8-1-2-9-19/h3-7,10-11H,1-2,8-9H2,(H2,17,18). The Bertz CT molecular complexity index is 676. The van der Waals surface area contributed by atoms with Crippen LogP contribution in [0, 0.1) is 0 Å². The van der Waals surface area contributed by atoms with Gasteiger partial charge in [-0.05, 0) is 36.4 Å². The molecule has 6 heteroatoms. The van der Waals surface area contributed by atoms with Gasteiger partial charge in [0.2, 0.25) is 0 Å². The number of hydrogen-bond donors (Lipinski definition) is 1. The van der Waals surface area contributed by atoms with Crippen LogP contribution in [0.2, 0.25) is 0 Å². The molecular weight excluding hydrogens is 298 g/mol. The Balaban J connectivity index is 1.71. The molecule has 3 rings (SSSR count). The number of anilines is 1. The maximum atomic E-state index is 11.7. The minimum atomic E-state index is -0.492. The summed E-state index contributed by atoms with van der Waals surface area (Å²) in [6, 6.07) is 11.3. The van der Waals surface area contributed by atoms with Crippen LogP contribution in [0.4, 0.5) is 5.69 Å². The van der Waals surface area contributed by atoms with Crippen LogP contribution in [0.5, 0.6) is 0 Å². The van der Waals surface area contributed by atoms with Gasteiger partial charge in [0.25, 0.3) is 0 Å². The van der Waals surface area contributed by atoms with E-state index in [4.69, 9.17) is 10.6 Å². The van der Waals surface area contributed by atoms with Gasteiger partial charge in [0.15, 0.2) is 5.84 Å². The largest absolute Gasteiger partial charge is 0.380 e. The fraction of sp³-hybridized carbons (Fsp3) is 0.250. The second-order valence-corrected chi connectivity index (χ2v) is 6.02. The van der Waals surface area contributed by atoms with Crippen LogP contribution in [0.3, 0.4) is 0 Å². The molecule has 0 bridgehead atoms. The highest BCUT2D eigenvalue weighted by Crippen LogP contribution is 2.21. The van der Waals surface area contributed by atoms with Crippen LogP contribution in [0.15, 0.2) is 46.9 Å². The molecule has 1 saturated heterocycles. The van der Waals surface area contributed by atoms with Crippen LogP contribution in [0.25, 0.3) is 0 Å². The van der Waals surface area contributed by atoms with E-state index in [1.54, 1.807) is 12.1 Å². The molecule has 5 nitrogen and oxygen atoms in total. The molecule has 0 aliphatic carbocycles. The van der Waals surface area contributed by atoms with Crippen molar-refractivity contribution in [1.29, 1.82) is 0 Å². The van der Waals surface area contributed by atoms with Crippen LogP contribution < -0.4 is 10.6 Å². The number of hydrogen-bond acceptors (Lipinski definition) is 5. The van der Waals surface area contributed by atoms with Gasteiger partial charge in [0, 0.05) is 24.3 Å². The van der Waals surface area contributed by atoms with E-state index in [0.29, 0.717) is 4.88 Å². The molecule has 2 aromatic rings. The van der Waals surface area contributed by atoms with Gasteiger partial charge in [-0.25, -0.2) is 4.79 Å². The second-order valence-electron chi connectivity index (χ2n) is 5.08. The SMILES string of the molecule is N/C(=N\OC(=O)c1cccs1)c1cccc(N2CCCC2)c1. The average molecular weight is 315 g/mol. The summed E-state index contributed by atoms with van der Waals surface area (Å²) in [6.07, 6.45) is 2.43. The molecule has 22 heavy (non-hydrogen) atoms. The molecule has 1 fully saturated rings. The minimum Gasteiger partial charge on any atom is -0.380 e. The third-order valence-electron chi connectivity index (χ3n) is 3.56. The van der Waals surface area contributed by atoms with Gasteiger partial charge in [-0.15, -0.1) is 11.3 Å². The van der Waals surface area contributed by atoms with Crippen molar-refractivity contribution < 1.29 is 9.63 Å². The summed E-state index contributed by atoms with van der Waals surface area (Å²) in [5.41, 5.74) is 7.80. The lowest BCUT2D eigenvalue weighted by Gasteiger charge is -2.18. The Morgan fingerprint density at radius 1 is 1.23 bits per heavy atom. The molecular formula is C16H17N3O2S. The maximum absolute atomic E-state index is 11.7. The van der Waals surface area contributed by atoms with E-state index < -0.39 is 5.97 Å². The van der Waals surface area contributed by atoms with Crippen LogP contribution in [-0.2, 0) is 4.84 Å². The number of carbonyl (C=O) groups excluding carboxylic acids is 1. The van der Waals surface area contributed by atoms with E-state index in [1.165, 1.54) is 24.2 Å². The molecule has 0 atom stereocenters. The summed E-state index contributed by atoms with van der Waals surface area (Å²) in [6.45, 7) is 2.13. The third-order valence-corrected chi connectivity index (χ3v) is 4.41. The monoisotopic (exact) mass is 315 g/mol. The lowest BCUT2D eigenvalue weighted by Crippen LogP contribution is -2.19. The topological polar surface area (TPSA) is 67.9 Å². The summed E-state index contributed by atoms with van der Waals surface area (Å²) in [5.74, 6) is -0.292. The van der Waals surface area contributed by atoms with E-state index in [9.17, 15) is 4.79 Å². The molecule has 1 aliphatic heterocycles. The highest BCUT2D eigenvalue weighted by atomic mass is 32.1. The molecule has 0 radical (unpaired) electrons. The van der Waals surface area contributed by atoms with E-state index >= 15 is 0 Å². The Hall–Kier alpha value is -2.34. The van der Waals surface area contributed by atoms with Crippen molar-refractivity contribution in [3.8, 4) is 0 Å². The van der Waals surface area contributed by atoms with Crippen molar-refractivity contribution in [1.82, 2.24) is 0 Å². The molecule has 0 unspecified atom stereocenters.